The van der Waals surface area contributed by atoms with Gasteiger partial charge in [0.1, 0.15) is 11.4 Å². The molecule has 2 amide bonds. The van der Waals surface area contributed by atoms with Gasteiger partial charge < -0.3 is 20.5 Å². The van der Waals surface area contributed by atoms with E-state index in [2.05, 4.69) is 10.3 Å². The minimum absolute atomic E-state index is 0.00683. The fourth-order valence-electron chi connectivity index (χ4n) is 5.34. The van der Waals surface area contributed by atoms with Gasteiger partial charge >= 0.3 is 0 Å². The molecule has 3 aliphatic rings. The van der Waals surface area contributed by atoms with Gasteiger partial charge in [0.05, 0.1) is 18.0 Å². The van der Waals surface area contributed by atoms with E-state index in [4.69, 9.17) is 26.8 Å². The molecule has 2 heterocycles. The van der Waals surface area contributed by atoms with Gasteiger partial charge in [-0.15, -0.1) is 0 Å². The number of ether oxygens (including phenoxy) is 2. The Morgan fingerprint density at radius 1 is 1.38 bits per heavy atom. The van der Waals surface area contributed by atoms with Crippen LogP contribution >= 0.6 is 11.6 Å². The van der Waals surface area contributed by atoms with Gasteiger partial charge in [0.2, 0.25) is 11.8 Å². The summed E-state index contributed by atoms with van der Waals surface area (Å²) in [7, 11) is 1.63. The van der Waals surface area contributed by atoms with E-state index in [-0.39, 0.29) is 48.1 Å². The number of halogens is 1. The summed E-state index contributed by atoms with van der Waals surface area (Å²) < 4.78 is 11.4. The molecule has 0 aromatic heterocycles. The van der Waals surface area contributed by atoms with Gasteiger partial charge in [0.15, 0.2) is 5.96 Å². The van der Waals surface area contributed by atoms with Gasteiger partial charge in [-0.05, 0) is 58.6 Å². The summed E-state index contributed by atoms with van der Waals surface area (Å²) in [4.78, 5) is 32.5. The van der Waals surface area contributed by atoms with Crippen LogP contribution in [0.15, 0.2) is 23.2 Å². The van der Waals surface area contributed by atoms with Gasteiger partial charge in [-0.1, -0.05) is 17.7 Å². The number of nitrogens with zero attached hydrogens (tertiary/aromatic N) is 2. The Bertz CT molecular complexity index is 1010. The molecular formula is C25H35ClN4O4. The molecule has 8 nitrogen and oxygen atoms in total. The molecule has 3 N–H and O–H groups in total. The molecule has 0 radical (unpaired) electrons. The zero-order valence-electron chi connectivity index (χ0n) is 20.6. The summed E-state index contributed by atoms with van der Waals surface area (Å²) in [6.45, 7) is 8.26. The first-order valence-corrected chi connectivity index (χ1v) is 12.2. The van der Waals surface area contributed by atoms with Crippen LogP contribution in [0, 0.1) is 11.8 Å². The van der Waals surface area contributed by atoms with Crippen LogP contribution in [-0.4, -0.2) is 53.6 Å². The van der Waals surface area contributed by atoms with Gasteiger partial charge in [0.25, 0.3) is 0 Å². The van der Waals surface area contributed by atoms with E-state index in [1.54, 1.807) is 12.0 Å². The average Bonchev–Trinajstić information content (AvgIpc) is 3.48. The van der Waals surface area contributed by atoms with Crippen molar-refractivity contribution in [1.82, 2.24) is 10.2 Å². The van der Waals surface area contributed by atoms with Crippen molar-refractivity contribution in [1.29, 1.82) is 0 Å². The number of hydrogen-bond donors (Lipinski definition) is 2. The van der Waals surface area contributed by atoms with E-state index in [1.165, 1.54) is 0 Å². The van der Waals surface area contributed by atoms with Gasteiger partial charge in [-0.3, -0.25) is 14.5 Å². The minimum atomic E-state index is -0.522. The summed E-state index contributed by atoms with van der Waals surface area (Å²) in [6.07, 6.45) is 2.17. The third-order valence-electron chi connectivity index (χ3n) is 6.90. The van der Waals surface area contributed by atoms with Crippen LogP contribution < -0.4 is 15.8 Å². The summed E-state index contributed by atoms with van der Waals surface area (Å²) in [5.74, 6) is 0.602. The van der Waals surface area contributed by atoms with Gasteiger partial charge in [-0.25, -0.2) is 4.99 Å². The Hall–Kier alpha value is -2.32. The summed E-state index contributed by atoms with van der Waals surface area (Å²) in [5.41, 5.74) is 6.10. The van der Waals surface area contributed by atoms with E-state index in [1.807, 2.05) is 45.9 Å². The smallest absolute Gasteiger partial charge is 0.231 e. The molecule has 4 atom stereocenters. The molecule has 2 aliphatic heterocycles. The van der Waals surface area contributed by atoms with Gasteiger partial charge in [-0.2, -0.15) is 0 Å². The number of nitrogens with two attached hydrogens (primary N) is 1. The Morgan fingerprint density at radius 2 is 2.12 bits per heavy atom. The predicted molar refractivity (Wildman–Crippen MR) is 131 cm³/mol. The van der Waals surface area contributed by atoms with Crippen LogP contribution in [0.25, 0.3) is 0 Å². The number of guanidine groups is 1. The maximum absolute atomic E-state index is 13.4. The van der Waals surface area contributed by atoms with Crippen molar-refractivity contribution in [3.63, 3.8) is 0 Å². The number of amides is 2. The second-order valence-electron chi connectivity index (χ2n) is 10.9. The SMILES string of the molecule is COCC[C@H]([C@H]1C[C@@H]1C(=O)N[C@H]1CC(C)(C)Oc2cccc(Cl)c21)N1C(=O)CC(C)(C)N=C1N. The third-order valence-corrected chi connectivity index (χ3v) is 7.23. The monoisotopic (exact) mass is 490 g/mol. The third kappa shape index (κ3) is 5.03. The van der Waals surface area contributed by atoms with E-state index >= 15 is 0 Å². The van der Waals surface area contributed by atoms with E-state index < -0.39 is 11.1 Å². The van der Waals surface area contributed by atoms with E-state index in [0.29, 0.717) is 36.6 Å². The van der Waals surface area contributed by atoms with E-state index in [9.17, 15) is 9.59 Å². The van der Waals surface area contributed by atoms with Crippen molar-refractivity contribution in [2.45, 2.75) is 76.6 Å². The zero-order valence-corrected chi connectivity index (χ0v) is 21.3. The lowest BCUT2D eigenvalue weighted by atomic mass is 9.89. The molecule has 0 bridgehead atoms. The molecule has 1 aromatic carbocycles. The Morgan fingerprint density at radius 3 is 2.79 bits per heavy atom. The quantitative estimate of drug-likeness (QED) is 0.609. The zero-order chi connectivity index (χ0) is 24.8. The van der Waals surface area contributed by atoms with Crippen molar-refractivity contribution in [3.05, 3.63) is 28.8 Å². The molecule has 0 unspecified atom stereocenters. The first-order chi connectivity index (χ1) is 15.9. The van der Waals surface area contributed by atoms with Crippen LogP contribution in [-0.2, 0) is 14.3 Å². The average molecular weight is 491 g/mol. The second kappa shape index (κ2) is 9.04. The van der Waals surface area contributed by atoms with Crippen LogP contribution in [0.5, 0.6) is 5.75 Å². The fourth-order valence-corrected chi connectivity index (χ4v) is 5.63. The fraction of sp³-hybridized carbons (Fsp3) is 0.640. The number of carbonyl (C=O) groups is 2. The Balaban J connectivity index is 1.51. The molecule has 34 heavy (non-hydrogen) atoms. The highest BCUT2D eigenvalue weighted by Crippen LogP contribution is 2.47. The van der Waals surface area contributed by atoms with Gasteiger partial charge in [0, 0.05) is 42.7 Å². The van der Waals surface area contributed by atoms with Crippen molar-refractivity contribution in [3.8, 4) is 5.75 Å². The van der Waals surface area contributed by atoms with Crippen molar-refractivity contribution >= 4 is 29.4 Å². The largest absolute Gasteiger partial charge is 0.487 e. The lowest BCUT2D eigenvalue weighted by Crippen LogP contribution is -2.55. The first kappa shape index (κ1) is 24.8. The lowest BCUT2D eigenvalue weighted by Gasteiger charge is -2.39. The second-order valence-corrected chi connectivity index (χ2v) is 11.3. The molecule has 4 rings (SSSR count). The number of nitrogens with one attached hydrogen (secondary N) is 1. The maximum Gasteiger partial charge on any atom is 0.231 e. The number of carbonyl (C=O) groups excluding carboxylic acids is 2. The Labute approximate surface area is 206 Å². The molecule has 1 fully saturated rings. The highest BCUT2D eigenvalue weighted by molar-refractivity contribution is 6.31. The molecule has 186 valence electrons. The number of methoxy groups -OCH3 is 1. The molecule has 1 saturated carbocycles. The molecule has 0 saturated heterocycles. The molecule has 1 aliphatic carbocycles. The minimum Gasteiger partial charge on any atom is -0.487 e. The molecule has 9 heteroatoms. The maximum atomic E-state index is 13.4. The number of aliphatic imine (C=N–C) groups is 1. The van der Waals surface area contributed by atoms with Crippen molar-refractivity contribution in [2.24, 2.45) is 22.6 Å². The summed E-state index contributed by atoms with van der Waals surface area (Å²) >= 11 is 6.49. The van der Waals surface area contributed by atoms with Crippen LogP contribution in [0.2, 0.25) is 5.02 Å². The topological polar surface area (TPSA) is 106 Å². The molecule has 0 spiro atoms. The Kier molecular flexibility index (Phi) is 6.59. The predicted octanol–water partition coefficient (Wildman–Crippen LogP) is 3.43. The lowest BCUT2D eigenvalue weighted by molar-refractivity contribution is -0.132. The number of hydrogen-bond acceptors (Lipinski definition) is 6. The van der Waals surface area contributed by atoms with Crippen molar-refractivity contribution < 1.29 is 19.1 Å². The summed E-state index contributed by atoms with van der Waals surface area (Å²) in [6, 6.07) is 5.07. The standard InChI is InChI=1S/C25H35ClN4O4/c1-24(2)13-20(31)30(23(27)29-24)18(9-10-33-5)14-11-15(14)22(32)28-17-12-25(3,4)34-19-8-6-7-16(26)21(17)19/h6-8,14-15,17-18H,9-13H2,1-5H3,(H2,27,29)(H,28,32)/t14-,15-,17-,18+/m0/s1. The van der Waals surface area contributed by atoms with Crippen LogP contribution in [0.3, 0.4) is 0 Å². The number of rotatable bonds is 7. The summed E-state index contributed by atoms with van der Waals surface area (Å²) in [5, 5.41) is 3.79. The highest BCUT2D eigenvalue weighted by atomic mass is 35.5. The number of benzene rings is 1. The number of fused-ring (bicyclic) bond motifs is 1. The van der Waals surface area contributed by atoms with Crippen LogP contribution in [0.4, 0.5) is 0 Å². The van der Waals surface area contributed by atoms with Crippen LogP contribution in [0.1, 0.15) is 65.0 Å². The molecular weight excluding hydrogens is 456 g/mol. The van der Waals surface area contributed by atoms with Crippen molar-refractivity contribution in [2.75, 3.05) is 13.7 Å². The normalized spacial score (nSPS) is 27.8. The first-order valence-electron chi connectivity index (χ1n) is 11.9. The van der Waals surface area contributed by atoms with E-state index in [0.717, 1.165) is 5.56 Å². The highest BCUT2D eigenvalue weighted by Gasteiger charge is 2.52. The molecule has 1 aromatic rings.